The van der Waals surface area contributed by atoms with Crippen molar-refractivity contribution in [1.29, 1.82) is 0 Å². The Hall–Kier alpha value is -0.140. The highest BCUT2D eigenvalue weighted by molar-refractivity contribution is 14.1. The number of thiophene rings is 1. The summed E-state index contributed by atoms with van der Waals surface area (Å²) in [6, 6.07) is 2.25. The topological polar surface area (TPSA) is 32.3 Å². The average Bonchev–Trinajstić information content (AvgIpc) is 2.65. The van der Waals surface area contributed by atoms with Gasteiger partial charge in [0.2, 0.25) is 0 Å². The van der Waals surface area contributed by atoms with E-state index in [2.05, 4.69) is 39.9 Å². The number of hydrogen-bond donors (Lipinski definition) is 1. The molecule has 1 atom stereocenters. The fourth-order valence-corrected chi connectivity index (χ4v) is 3.31. The lowest BCUT2D eigenvalue weighted by Crippen LogP contribution is -2.46. The highest BCUT2D eigenvalue weighted by Gasteiger charge is 2.19. The molecule has 1 aromatic rings. The number of halogens is 1. The van der Waals surface area contributed by atoms with Gasteiger partial charge in [-0.3, -0.25) is 4.79 Å². The largest absolute Gasteiger partial charge is 0.348 e. The first-order chi connectivity index (χ1) is 7.65. The molecule has 1 aliphatic heterocycles. The van der Waals surface area contributed by atoms with Crippen molar-refractivity contribution in [3.63, 3.8) is 0 Å². The van der Waals surface area contributed by atoms with Crippen LogP contribution in [0, 0.1) is 2.88 Å². The van der Waals surface area contributed by atoms with Gasteiger partial charge in [0.15, 0.2) is 0 Å². The minimum absolute atomic E-state index is 0.0690. The predicted octanol–water partition coefficient (Wildman–Crippen LogP) is 2.18. The summed E-state index contributed by atoms with van der Waals surface area (Å²) in [5, 5.41) is 5.02. The molecule has 1 fully saturated rings. The third-order valence-corrected chi connectivity index (χ3v) is 4.58. The van der Waals surface area contributed by atoms with Gasteiger partial charge < -0.3 is 10.2 Å². The number of carbonyl (C=O) groups excluding carboxylic acids is 1. The summed E-state index contributed by atoms with van der Waals surface area (Å²) in [4.78, 5) is 14.2. The van der Waals surface area contributed by atoms with Gasteiger partial charge in [-0.15, -0.1) is 11.3 Å². The second-order valence-corrected chi connectivity index (χ2v) is 7.02. The molecule has 1 unspecified atom stereocenters. The molecule has 2 heterocycles. The van der Waals surface area contributed by atoms with Crippen LogP contribution < -0.4 is 5.32 Å². The maximum Gasteiger partial charge on any atom is 0.252 e. The molecule has 88 valence electrons. The Morgan fingerprint density at radius 2 is 2.50 bits per heavy atom. The Morgan fingerprint density at radius 1 is 1.69 bits per heavy atom. The molecule has 0 bridgehead atoms. The van der Waals surface area contributed by atoms with E-state index in [4.69, 9.17) is 0 Å². The summed E-state index contributed by atoms with van der Waals surface area (Å²) >= 11 is 3.85. The Kier molecular flexibility index (Phi) is 4.21. The van der Waals surface area contributed by atoms with Crippen LogP contribution in [0.5, 0.6) is 0 Å². The Morgan fingerprint density at radius 3 is 3.12 bits per heavy atom. The number of piperidine rings is 1. The fourth-order valence-electron chi connectivity index (χ4n) is 1.98. The van der Waals surface area contributed by atoms with E-state index in [1.807, 2.05) is 11.4 Å². The van der Waals surface area contributed by atoms with Gasteiger partial charge in [0.05, 0.1) is 8.45 Å². The summed E-state index contributed by atoms with van der Waals surface area (Å²) < 4.78 is 1.16. The number of nitrogens with one attached hydrogen (secondary N) is 1. The van der Waals surface area contributed by atoms with Crippen molar-refractivity contribution >= 4 is 39.8 Å². The molecule has 5 heteroatoms. The van der Waals surface area contributed by atoms with E-state index in [9.17, 15) is 4.79 Å². The summed E-state index contributed by atoms with van der Waals surface area (Å²) in [5.74, 6) is 0.0690. The maximum absolute atomic E-state index is 11.9. The second-order valence-electron chi connectivity index (χ2n) is 4.21. The van der Waals surface area contributed by atoms with Crippen LogP contribution >= 0.6 is 33.9 Å². The van der Waals surface area contributed by atoms with E-state index < -0.39 is 0 Å². The molecule has 0 aromatic carbocycles. The van der Waals surface area contributed by atoms with Crippen LogP contribution in [0.15, 0.2) is 11.4 Å². The van der Waals surface area contributed by atoms with E-state index in [1.165, 1.54) is 6.42 Å². The second kappa shape index (κ2) is 5.46. The minimum atomic E-state index is 0.0690. The van der Waals surface area contributed by atoms with Crippen molar-refractivity contribution in [2.75, 3.05) is 20.1 Å². The first kappa shape index (κ1) is 12.3. The van der Waals surface area contributed by atoms with Gasteiger partial charge in [0.1, 0.15) is 0 Å². The smallest absolute Gasteiger partial charge is 0.252 e. The fraction of sp³-hybridized carbons (Fsp3) is 0.545. The Balaban J connectivity index is 1.92. The first-order valence-electron chi connectivity index (χ1n) is 5.38. The molecule has 0 spiro atoms. The van der Waals surface area contributed by atoms with Crippen molar-refractivity contribution in [1.82, 2.24) is 10.2 Å². The lowest BCUT2D eigenvalue weighted by atomic mass is 10.1. The molecule has 2 rings (SSSR count). The monoisotopic (exact) mass is 350 g/mol. The van der Waals surface area contributed by atoms with Gasteiger partial charge in [-0.2, -0.15) is 0 Å². The molecule has 0 saturated carbocycles. The zero-order valence-corrected chi connectivity index (χ0v) is 12.2. The van der Waals surface area contributed by atoms with E-state index in [0.29, 0.717) is 6.04 Å². The Labute approximate surface area is 113 Å². The molecule has 1 N–H and O–H groups in total. The van der Waals surface area contributed by atoms with Gasteiger partial charge in [0.25, 0.3) is 5.91 Å². The van der Waals surface area contributed by atoms with Gasteiger partial charge >= 0.3 is 0 Å². The molecule has 1 aromatic heterocycles. The summed E-state index contributed by atoms with van der Waals surface area (Å²) in [6.07, 6.45) is 2.26. The molecule has 3 nitrogen and oxygen atoms in total. The first-order valence-corrected chi connectivity index (χ1v) is 7.34. The van der Waals surface area contributed by atoms with E-state index in [-0.39, 0.29) is 5.91 Å². The minimum Gasteiger partial charge on any atom is -0.348 e. The highest BCUT2D eigenvalue weighted by atomic mass is 127. The lowest BCUT2D eigenvalue weighted by molar-refractivity contribution is 0.0913. The van der Waals surface area contributed by atoms with Crippen LogP contribution in [-0.4, -0.2) is 37.0 Å². The summed E-state index contributed by atoms with van der Waals surface area (Å²) in [7, 11) is 2.10. The Bertz CT molecular complexity index is 380. The molecule has 0 aliphatic carbocycles. The third-order valence-electron chi connectivity index (χ3n) is 2.79. The predicted molar refractivity (Wildman–Crippen MR) is 75.0 cm³/mol. The lowest BCUT2D eigenvalue weighted by Gasteiger charge is -2.30. The number of carbonyl (C=O) groups is 1. The van der Waals surface area contributed by atoms with Gasteiger partial charge in [-0.1, -0.05) is 0 Å². The number of hydrogen-bond acceptors (Lipinski definition) is 3. The number of nitrogens with zero attached hydrogens (tertiary/aromatic N) is 1. The standard InChI is InChI=1S/C11H15IN2OS/c1-14-4-2-3-9(6-14)13-11(15)8-5-10(12)16-7-8/h5,7,9H,2-4,6H2,1H3,(H,13,15). The number of rotatable bonds is 2. The highest BCUT2D eigenvalue weighted by Crippen LogP contribution is 2.17. The van der Waals surface area contributed by atoms with Crippen molar-refractivity contribution in [3.05, 3.63) is 19.9 Å². The third kappa shape index (κ3) is 3.18. The normalized spacial score (nSPS) is 22.0. The van der Waals surface area contributed by atoms with Crippen LogP contribution in [0.2, 0.25) is 0 Å². The molecular formula is C11H15IN2OS. The van der Waals surface area contributed by atoms with Crippen molar-refractivity contribution in [3.8, 4) is 0 Å². The molecule has 1 saturated heterocycles. The van der Waals surface area contributed by atoms with Gasteiger partial charge in [-0.25, -0.2) is 0 Å². The molecule has 0 radical (unpaired) electrons. The van der Waals surface area contributed by atoms with Crippen LogP contribution in [-0.2, 0) is 0 Å². The van der Waals surface area contributed by atoms with Crippen molar-refractivity contribution in [2.45, 2.75) is 18.9 Å². The number of likely N-dealkylation sites (N-methyl/N-ethyl adjacent to an activating group) is 1. The average molecular weight is 350 g/mol. The van der Waals surface area contributed by atoms with Gasteiger partial charge in [0, 0.05) is 18.0 Å². The van der Waals surface area contributed by atoms with Crippen molar-refractivity contribution < 1.29 is 4.79 Å². The molecule has 1 aliphatic rings. The molecule has 16 heavy (non-hydrogen) atoms. The van der Waals surface area contributed by atoms with Crippen LogP contribution in [0.3, 0.4) is 0 Å². The van der Waals surface area contributed by atoms with Crippen LogP contribution in [0.25, 0.3) is 0 Å². The summed E-state index contributed by atoms with van der Waals surface area (Å²) in [6.45, 7) is 2.11. The number of amides is 1. The number of likely N-dealkylation sites (tertiary alicyclic amines) is 1. The van der Waals surface area contributed by atoms with E-state index >= 15 is 0 Å². The molecule has 1 amide bonds. The quantitative estimate of drug-likeness (QED) is 0.830. The maximum atomic E-state index is 11.9. The van der Waals surface area contributed by atoms with Crippen LogP contribution in [0.1, 0.15) is 23.2 Å². The van der Waals surface area contributed by atoms with Crippen LogP contribution in [0.4, 0.5) is 0 Å². The zero-order valence-electron chi connectivity index (χ0n) is 9.20. The molecular weight excluding hydrogens is 335 g/mol. The summed E-state index contributed by atoms with van der Waals surface area (Å²) in [5.41, 5.74) is 0.794. The van der Waals surface area contributed by atoms with Gasteiger partial charge in [-0.05, 0) is 55.1 Å². The SMILES string of the molecule is CN1CCCC(NC(=O)c2csc(I)c2)C1. The van der Waals surface area contributed by atoms with Crippen molar-refractivity contribution in [2.24, 2.45) is 0 Å². The van der Waals surface area contributed by atoms with E-state index in [0.717, 1.165) is 28.0 Å². The van der Waals surface area contributed by atoms with E-state index in [1.54, 1.807) is 11.3 Å². The zero-order chi connectivity index (χ0) is 11.5.